The topological polar surface area (TPSA) is 52.0 Å². The number of hydrogen-bond acceptors (Lipinski definition) is 5. The molecule has 0 saturated carbocycles. The molecular formula is C25H17Cl2FN4OS. The number of hydrogen-bond donors (Lipinski definition) is 1. The van der Waals surface area contributed by atoms with E-state index < -0.39 is 12.1 Å². The molecule has 9 heteroatoms. The van der Waals surface area contributed by atoms with Crippen molar-refractivity contribution < 1.29 is 9.13 Å². The predicted molar refractivity (Wildman–Crippen MR) is 133 cm³/mol. The fraction of sp³-hybridized carbons (Fsp3) is 0.120. The van der Waals surface area contributed by atoms with Crippen molar-refractivity contribution in [2.75, 3.05) is 11.6 Å². The van der Waals surface area contributed by atoms with Crippen LogP contribution in [-0.2, 0) is 0 Å². The van der Waals surface area contributed by atoms with Gasteiger partial charge >= 0.3 is 0 Å². The molecule has 2 aliphatic rings. The number of halogens is 3. The van der Waals surface area contributed by atoms with Gasteiger partial charge in [-0.05, 0) is 48.2 Å². The van der Waals surface area contributed by atoms with Crippen LogP contribution in [-0.4, -0.2) is 21.0 Å². The Labute approximate surface area is 209 Å². The second-order valence-electron chi connectivity index (χ2n) is 7.94. The first-order valence-corrected chi connectivity index (χ1v) is 12.5. The van der Waals surface area contributed by atoms with Crippen LogP contribution in [0.3, 0.4) is 0 Å². The van der Waals surface area contributed by atoms with Gasteiger partial charge in [-0.3, -0.25) is 0 Å². The highest BCUT2D eigenvalue weighted by Crippen LogP contribution is 2.51. The van der Waals surface area contributed by atoms with Gasteiger partial charge in [-0.25, -0.2) is 9.07 Å². The number of aromatic nitrogens is 3. The molecule has 0 unspecified atom stereocenters. The van der Waals surface area contributed by atoms with Crippen LogP contribution in [0, 0.1) is 5.82 Å². The van der Waals surface area contributed by atoms with E-state index in [9.17, 15) is 0 Å². The summed E-state index contributed by atoms with van der Waals surface area (Å²) in [4.78, 5) is 4.63. The Kier molecular flexibility index (Phi) is 5.28. The lowest BCUT2D eigenvalue weighted by Crippen LogP contribution is -2.32. The molecule has 6 rings (SSSR count). The largest absolute Gasteiger partial charge is 0.480 e. The van der Waals surface area contributed by atoms with Crippen molar-refractivity contribution in [2.24, 2.45) is 0 Å². The first kappa shape index (κ1) is 21.5. The Hall–Kier alpha value is -3.00. The summed E-state index contributed by atoms with van der Waals surface area (Å²) in [6.45, 7) is 0. The molecule has 2 aliphatic heterocycles. The van der Waals surface area contributed by atoms with E-state index in [1.54, 1.807) is 22.9 Å². The smallest absolute Gasteiger partial charge is 0.227 e. The number of ether oxygens (including phenoxy) is 1. The van der Waals surface area contributed by atoms with E-state index in [0.29, 0.717) is 32.5 Å². The number of benzene rings is 3. The molecule has 1 N–H and O–H groups in total. The van der Waals surface area contributed by atoms with Crippen molar-refractivity contribution in [2.45, 2.75) is 17.3 Å². The fourth-order valence-electron chi connectivity index (χ4n) is 4.48. The standard InChI is InChI=1S/C25H17Cl2FN4OS/c1-34-25-30-24-29-21-17-12-15(27)10-11-19(17)33-23(13-6-8-14(26)9-7-13)20(21)22(32(24)31-25)16-4-2-3-5-18(16)28/h2-12,22-23H,1H3,(H,29,30,31)/t22-,23-/m1/s1. The lowest BCUT2D eigenvalue weighted by atomic mass is 9.84. The van der Waals surface area contributed by atoms with E-state index in [0.717, 1.165) is 22.4 Å². The van der Waals surface area contributed by atoms with Gasteiger partial charge in [0.05, 0.1) is 5.70 Å². The van der Waals surface area contributed by atoms with Gasteiger partial charge in [0.1, 0.15) is 23.7 Å². The molecule has 0 aliphatic carbocycles. The Morgan fingerprint density at radius 2 is 1.79 bits per heavy atom. The Morgan fingerprint density at radius 1 is 1.03 bits per heavy atom. The van der Waals surface area contributed by atoms with E-state index in [1.165, 1.54) is 17.8 Å². The highest BCUT2D eigenvalue weighted by molar-refractivity contribution is 7.98. The SMILES string of the molecule is CSc1nc2n(n1)[C@H](c1ccccc1F)C1=C(N2)c2cc(Cl)ccc2O[C@@H]1c1ccc(Cl)cc1. The molecule has 4 aromatic rings. The summed E-state index contributed by atoms with van der Waals surface area (Å²) < 4.78 is 23.5. The summed E-state index contributed by atoms with van der Waals surface area (Å²) in [5.74, 6) is 0.861. The van der Waals surface area contributed by atoms with Crippen molar-refractivity contribution in [3.63, 3.8) is 0 Å². The molecule has 0 amide bonds. The van der Waals surface area contributed by atoms with E-state index >= 15 is 4.39 Å². The Balaban J connectivity index is 1.66. The summed E-state index contributed by atoms with van der Waals surface area (Å²) in [6.07, 6.45) is 1.38. The van der Waals surface area contributed by atoms with Crippen LogP contribution in [0.15, 0.2) is 77.5 Å². The van der Waals surface area contributed by atoms with E-state index in [-0.39, 0.29) is 5.82 Å². The normalized spacial score (nSPS) is 18.5. The van der Waals surface area contributed by atoms with Crippen LogP contribution >= 0.6 is 35.0 Å². The minimum absolute atomic E-state index is 0.333. The molecule has 0 fully saturated rings. The minimum Gasteiger partial charge on any atom is -0.480 e. The van der Waals surface area contributed by atoms with Gasteiger partial charge in [-0.15, -0.1) is 5.10 Å². The Morgan fingerprint density at radius 3 is 2.56 bits per heavy atom. The number of rotatable bonds is 3. The number of nitrogens with one attached hydrogen (secondary N) is 1. The predicted octanol–water partition coefficient (Wildman–Crippen LogP) is 7.01. The lowest BCUT2D eigenvalue weighted by molar-refractivity contribution is 0.222. The zero-order valence-electron chi connectivity index (χ0n) is 17.8. The van der Waals surface area contributed by atoms with E-state index in [1.807, 2.05) is 48.7 Å². The second kappa shape index (κ2) is 8.34. The monoisotopic (exact) mass is 510 g/mol. The molecule has 0 radical (unpaired) electrons. The molecule has 3 heterocycles. The van der Waals surface area contributed by atoms with Crippen molar-refractivity contribution in [3.8, 4) is 5.75 Å². The van der Waals surface area contributed by atoms with Crippen molar-refractivity contribution in [3.05, 3.63) is 105 Å². The van der Waals surface area contributed by atoms with Crippen LogP contribution in [0.1, 0.15) is 28.8 Å². The maximum Gasteiger partial charge on any atom is 0.227 e. The van der Waals surface area contributed by atoms with Gasteiger partial charge in [0.25, 0.3) is 0 Å². The van der Waals surface area contributed by atoms with Crippen LogP contribution in [0.5, 0.6) is 5.75 Å². The van der Waals surface area contributed by atoms with Crippen molar-refractivity contribution >= 4 is 46.6 Å². The van der Waals surface area contributed by atoms with Crippen LogP contribution in [0.4, 0.5) is 10.3 Å². The van der Waals surface area contributed by atoms with Crippen molar-refractivity contribution in [1.82, 2.24) is 14.8 Å². The maximum absolute atomic E-state index is 15.3. The number of nitrogens with zero attached hydrogens (tertiary/aromatic N) is 3. The van der Waals surface area contributed by atoms with Gasteiger partial charge in [0, 0.05) is 26.7 Å². The van der Waals surface area contributed by atoms with Crippen LogP contribution in [0.2, 0.25) is 10.0 Å². The number of thioether (sulfide) groups is 1. The maximum atomic E-state index is 15.3. The molecule has 3 aromatic carbocycles. The van der Waals surface area contributed by atoms with Gasteiger partial charge in [-0.2, -0.15) is 4.98 Å². The minimum atomic E-state index is -0.589. The molecule has 5 nitrogen and oxygen atoms in total. The first-order chi connectivity index (χ1) is 16.5. The second-order valence-corrected chi connectivity index (χ2v) is 9.58. The Bertz CT molecular complexity index is 1450. The lowest BCUT2D eigenvalue weighted by Gasteiger charge is -2.39. The van der Waals surface area contributed by atoms with E-state index in [4.69, 9.17) is 27.9 Å². The first-order valence-electron chi connectivity index (χ1n) is 10.5. The van der Waals surface area contributed by atoms with Gasteiger partial charge in [-0.1, -0.05) is 65.3 Å². The molecule has 0 bridgehead atoms. The third-order valence-electron chi connectivity index (χ3n) is 5.97. The summed E-state index contributed by atoms with van der Waals surface area (Å²) >= 11 is 14.0. The highest BCUT2D eigenvalue weighted by atomic mass is 35.5. The average molecular weight is 511 g/mol. The molecule has 0 spiro atoms. The van der Waals surface area contributed by atoms with Gasteiger partial charge in [0.15, 0.2) is 0 Å². The summed E-state index contributed by atoms with van der Waals surface area (Å²) in [5.41, 5.74) is 3.74. The van der Waals surface area contributed by atoms with Gasteiger partial charge < -0.3 is 10.1 Å². The van der Waals surface area contributed by atoms with E-state index in [2.05, 4.69) is 15.4 Å². The van der Waals surface area contributed by atoms with Crippen LogP contribution in [0.25, 0.3) is 5.70 Å². The third kappa shape index (κ3) is 3.47. The highest BCUT2D eigenvalue weighted by Gasteiger charge is 2.42. The van der Waals surface area contributed by atoms with Crippen molar-refractivity contribution in [1.29, 1.82) is 0 Å². The molecule has 2 atom stereocenters. The number of fused-ring (bicyclic) bond motifs is 3. The van der Waals surface area contributed by atoms with Gasteiger partial charge in [0.2, 0.25) is 11.1 Å². The summed E-state index contributed by atoms with van der Waals surface area (Å²) in [6, 6.07) is 19.1. The number of anilines is 1. The summed E-state index contributed by atoms with van der Waals surface area (Å²) in [7, 11) is 0. The summed E-state index contributed by atoms with van der Waals surface area (Å²) in [5, 5.41) is 9.89. The molecule has 34 heavy (non-hydrogen) atoms. The third-order valence-corrected chi connectivity index (χ3v) is 7.00. The zero-order chi connectivity index (χ0) is 23.4. The quantitative estimate of drug-likeness (QED) is 0.300. The zero-order valence-corrected chi connectivity index (χ0v) is 20.1. The average Bonchev–Trinajstić information content (AvgIpc) is 3.26. The molecular weight excluding hydrogens is 494 g/mol. The molecule has 0 saturated heterocycles. The molecule has 170 valence electrons. The van der Waals surface area contributed by atoms with Crippen LogP contribution < -0.4 is 10.1 Å². The fourth-order valence-corrected chi connectivity index (χ4v) is 5.12. The molecule has 1 aromatic heterocycles.